The van der Waals surface area contributed by atoms with Crippen molar-refractivity contribution in [3.63, 3.8) is 0 Å². The van der Waals surface area contributed by atoms with Gasteiger partial charge in [-0.3, -0.25) is 4.79 Å². The van der Waals surface area contributed by atoms with E-state index in [1.54, 1.807) is 12.1 Å². The van der Waals surface area contributed by atoms with Crippen LogP contribution < -0.4 is 9.47 Å². The molecule has 3 nitrogen and oxygen atoms in total. The SMILES string of the molecule is O=Cc1cc(Br)c(OCCOc2ccccc2)c(Br)c1. The Bertz CT molecular complexity index is 562. The van der Waals surface area contributed by atoms with E-state index in [9.17, 15) is 4.79 Å². The molecule has 0 unspecified atom stereocenters. The molecule has 20 heavy (non-hydrogen) atoms. The lowest BCUT2D eigenvalue weighted by molar-refractivity contribution is 0.112. The highest BCUT2D eigenvalue weighted by molar-refractivity contribution is 9.11. The Hall–Kier alpha value is -1.33. The molecule has 0 saturated heterocycles. The maximum absolute atomic E-state index is 10.7. The number of hydrogen-bond acceptors (Lipinski definition) is 3. The fraction of sp³-hybridized carbons (Fsp3) is 0.133. The van der Waals surface area contributed by atoms with Gasteiger partial charge in [0.25, 0.3) is 0 Å². The lowest BCUT2D eigenvalue weighted by atomic mass is 10.2. The van der Waals surface area contributed by atoms with Crippen molar-refractivity contribution < 1.29 is 14.3 Å². The minimum Gasteiger partial charge on any atom is -0.490 e. The highest BCUT2D eigenvalue weighted by Crippen LogP contribution is 2.34. The summed E-state index contributed by atoms with van der Waals surface area (Å²) in [6.45, 7) is 0.852. The highest BCUT2D eigenvalue weighted by atomic mass is 79.9. The number of hydrogen-bond donors (Lipinski definition) is 0. The molecule has 0 heterocycles. The molecule has 0 amide bonds. The van der Waals surface area contributed by atoms with Gasteiger partial charge in [-0.05, 0) is 56.1 Å². The molecular weight excluding hydrogens is 388 g/mol. The Balaban J connectivity index is 1.90. The molecule has 2 rings (SSSR count). The van der Waals surface area contributed by atoms with Crippen LogP contribution in [0.25, 0.3) is 0 Å². The van der Waals surface area contributed by atoms with E-state index in [1.807, 2.05) is 30.3 Å². The number of carbonyl (C=O) groups is 1. The lowest BCUT2D eigenvalue weighted by Crippen LogP contribution is -2.09. The molecule has 0 aliphatic carbocycles. The number of rotatable bonds is 6. The van der Waals surface area contributed by atoms with Crippen LogP contribution in [0.4, 0.5) is 0 Å². The van der Waals surface area contributed by atoms with Crippen molar-refractivity contribution in [3.05, 3.63) is 57.0 Å². The van der Waals surface area contributed by atoms with Gasteiger partial charge >= 0.3 is 0 Å². The second-order valence-corrected chi connectivity index (χ2v) is 5.65. The van der Waals surface area contributed by atoms with Crippen LogP contribution in [0.15, 0.2) is 51.4 Å². The Morgan fingerprint density at radius 2 is 1.55 bits per heavy atom. The fourth-order valence-electron chi connectivity index (χ4n) is 1.61. The first-order valence-electron chi connectivity index (χ1n) is 5.95. The van der Waals surface area contributed by atoms with Gasteiger partial charge < -0.3 is 9.47 Å². The van der Waals surface area contributed by atoms with Crippen molar-refractivity contribution in [2.45, 2.75) is 0 Å². The standard InChI is InChI=1S/C15H12Br2O3/c16-13-8-11(10-18)9-14(17)15(13)20-7-6-19-12-4-2-1-3-5-12/h1-5,8-10H,6-7H2. The number of para-hydroxylation sites is 1. The third-order valence-corrected chi connectivity index (χ3v) is 3.68. The molecule has 0 atom stereocenters. The van der Waals surface area contributed by atoms with Gasteiger partial charge in [-0.2, -0.15) is 0 Å². The summed E-state index contributed by atoms with van der Waals surface area (Å²) in [5.41, 5.74) is 0.580. The lowest BCUT2D eigenvalue weighted by Gasteiger charge is -2.11. The monoisotopic (exact) mass is 398 g/mol. The topological polar surface area (TPSA) is 35.5 Å². The largest absolute Gasteiger partial charge is 0.490 e. The van der Waals surface area contributed by atoms with Crippen LogP contribution in [0.3, 0.4) is 0 Å². The maximum atomic E-state index is 10.7. The van der Waals surface area contributed by atoms with Gasteiger partial charge in [-0.15, -0.1) is 0 Å². The Morgan fingerprint density at radius 3 is 2.15 bits per heavy atom. The van der Waals surface area contributed by atoms with E-state index in [-0.39, 0.29) is 0 Å². The molecular formula is C15H12Br2O3. The van der Waals surface area contributed by atoms with E-state index in [1.165, 1.54) is 0 Å². The molecule has 0 aliphatic heterocycles. The quantitative estimate of drug-likeness (QED) is 0.530. The van der Waals surface area contributed by atoms with E-state index in [0.29, 0.717) is 24.5 Å². The zero-order valence-electron chi connectivity index (χ0n) is 10.5. The summed E-state index contributed by atoms with van der Waals surface area (Å²) in [4.78, 5) is 10.7. The normalized spacial score (nSPS) is 10.1. The highest BCUT2D eigenvalue weighted by Gasteiger charge is 2.08. The molecule has 0 spiro atoms. The van der Waals surface area contributed by atoms with Gasteiger partial charge in [0.2, 0.25) is 0 Å². The smallest absolute Gasteiger partial charge is 0.150 e. The molecule has 5 heteroatoms. The Morgan fingerprint density at radius 1 is 0.950 bits per heavy atom. The van der Waals surface area contributed by atoms with Crippen molar-refractivity contribution in [3.8, 4) is 11.5 Å². The van der Waals surface area contributed by atoms with Crippen LogP contribution in [0.1, 0.15) is 10.4 Å². The second-order valence-electron chi connectivity index (χ2n) is 3.94. The number of ether oxygens (including phenoxy) is 2. The molecule has 0 aromatic heterocycles. The van der Waals surface area contributed by atoms with Crippen molar-refractivity contribution in [1.29, 1.82) is 0 Å². The van der Waals surface area contributed by atoms with Crippen LogP contribution in [0, 0.1) is 0 Å². The third kappa shape index (κ3) is 4.08. The molecule has 0 N–H and O–H groups in total. The molecule has 104 valence electrons. The zero-order valence-corrected chi connectivity index (χ0v) is 13.7. The summed E-state index contributed by atoms with van der Waals surface area (Å²) in [6.07, 6.45) is 0.789. The summed E-state index contributed by atoms with van der Waals surface area (Å²) >= 11 is 6.76. The van der Waals surface area contributed by atoms with Gasteiger partial charge in [0.05, 0.1) is 8.95 Å². The molecule has 0 aliphatic rings. The van der Waals surface area contributed by atoms with Gasteiger partial charge in [-0.1, -0.05) is 18.2 Å². The third-order valence-electron chi connectivity index (χ3n) is 2.50. The first-order valence-corrected chi connectivity index (χ1v) is 7.54. The van der Waals surface area contributed by atoms with E-state index in [0.717, 1.165) is 21.0 Å². The average Bonchev–Trinajstić information content (AvgIpc) is 2.46. The number of benzene rings is 2. The number of aldehydes is 1. The van der Waals surface area contributed by atoms with Crippen LogP contribution >= 0.6 is 31.9 Å². The summed E-state index contributed by atoms with van der Waals surface area (Å²) in [6, 6.07) is 13.0. The molecule has 0 radical (unpaired) electrons. The molecule has 2 aromatic carbocycles. The minimum absolute atomic E-state index is 0.409. The van der Waals surface area contributed by atoms with E-state index in [2.05, 4.69) is 31.9 Å². The Kier molecular flexibility index (Phi) is 5.61. The second kappa shape index (κ2) is 7.45. The van der Waals surface area contributed by atoms with Gasteiger partial charge in [0.15, 0.2) is 0 Å². The first kappa shape index (κ1) is 15.1. The van der Waals surface area contributed by atoms with Crippen molar-refractivity contribution in [2.75, 3.05) is 13.2 Å². The fourth-order valence-corrected chi connectivity index (χ4v) is 3.06. The first-order chi connectivity index (χ1) is 9.70. The van der Waals surface area contributed by atoms with Crippen molar-refractivity contribution >= 4 is 38.1 Å². The van der Waals surface area contributed by atoms with Crippen LogP contribution in [-0.2, 0) is 0 Å². The maximum Gasteiger partial charge on any atom is 0.150 e. The molecule has 2 aromatic rings. The van der Waals surface area contributed by atoms with Crippen LogP contribution in [0.2, 0.25) is 0 Å². The Labute approximate surface area is 134 Å². The summed E-state index contributed by atoms with van der Waals surface area (Å²) in [7, 11) is 0. The van der Waals surface area contributed by atoms with E-state index >= 15 is 0 Å². The predicted octanol–water partition coefficient (Wildman–Crippen LogP) is 4.48. The number of halogens is 2. The summed E-state index contributed by atoms with van der Waals surface area (Å²) < 4.78 is 12.7. The van der Waals surface area contributed by atoms with Gasteiger partial charge in [0.1, 0.15) is 31.0 Å². The predicted molar refractivity (Wildman–Crippen MR) is 84.7 cm³/mol. The molecule has 0 fully saturated rings. The minimum atomic E-state index is 0.409. The van der Waals surface area contributed by atoms with Crippen molar-refractivity contribution in [2.24, 2.45) is 0 Å². The van der Waals surface area contributed by atoms with Crippen molar-refractivity contribution in [1.82, 2.24) is 0 Å². The molecule has 0 bridgehead atoms. The van der Waals surface area contributed by atoms with Gasteiger partial charge in [-0.25, -0.2) is 0 Å². The van der Waals surface area contributed by atoms with Crippen LogP contribution in [0.5, 0.6) is 11.5 Å². The van der Waals surface area contributed by atoms with E-state index in [4.69, 9.17) is 9.47 Å². The zero-order chi connectivity index (χ0) is 14.4. The molecule has 0 saturated carbocycles. The summed E-state index contributed by atoms with van der Waals surface area (Å²) in [5, 5.41) is 0. The van der Waals surface area contributed by atoms with Gasteiger partial charge in [0, 0.05) is 5.56 Å². The van der Waals surface area contributed by atoms with E-state index < -0.39 is 0 Å². The van der Waals surface area contributed by atoms with Crippen LogP contribution in [-0.4, -0.2) is 19.5 Å². The average molecular weight is 400 g/mol. The summed E-state index contributed by atoms with van der Waals surface area (Å²) in [5.74, 6) is 1.47. The number of carbonyl (C=O) groups excluding carboxylic acids is 1.